The fourth-order valence-electron chi connectivity index (χ4n) is 3.52. The number of nitrogens with zero attached hydrogens (tertiary/aromatic N) is 5. The first-order chi connectivity index (χ1) is 13.4. The van der Waals surface area contributed by atoms with Gasteiger partial charge in [-0.05, 0) is 19.4 Å². The van der Waals surface area contributed by atoms with E-state index in [4.69, 9.17) is 4.52 Å². The molecule has 1 aliphatic rings. The topological polar surface area (TPSA) is 103 Å². The molecule has 3 aromatic rings. The van der Waals surface area contributed by atoms with E-state index in [-0.39, 0.29) is 36.0 Å². The summed E-state index contributed by atoms with van der Waals surface area (Å²) in [7, 11) is -3.74. The summed E-state index contributed by atoms with van der Waals surface area (Å²) in [5.74, 6) is 0.863. The van der Waals surface area contributed by atoms with E-state index in [1.807, 2.05) is 30.3 Å². The van der Waals surface area contributed by atoms with E-state index in [1.54, 1.807) is 18.4 Å². The smallest absolute Gasteiger partial charge is 0.346 e. The normalized spacial score (nSPS) is 15.4. The van der Waals surface area contributed by atoms with Gasteiger partial charge in [-0.2, -0.15) is 9.40 Å². The molecule has 0 radical (unpaired) electrons. The first-order valence-electron chi connectivity index (χ1n) is 9.01. The largest absolute Gasteiger partial charge is 0.360 e. The molecule has 0 saturated carbocycles. The molecule has 2 aromatic heterocycles. The minimum Gasteiger partial charge on any atom is -0.360 e. The van der Waals surface area contributed by atoms with Crippen LogP contribution in [0.15, 0.2) is 44.5 Å². The molecule has 28 heavy (non-hydrogen) atoms. The summed E-state index contributed by atoms with van der Waals surface area (Å²) in [6.45, 7) is 4.27. The summed E-state index contributed by atoms with van der Waals surface area (Å²) in [5, 5.41) is 8.18. The van der Waals surface area contributed by atoms with Crippen molar-refractivity contribution in [1.29, 1.82) is 0 Å². The SMILES string of the molecule is Cc1noc(C)c1S(=O)(=O)N1CCc2nn(Cc3ccccc3)c(=O)n2CC1. The average molecular weight is 403 g/mol. The number of sulfonamides is 1. The molecule has 0 saturated heterocycles. The quantitative estimate of drug-likeness (QED) is 0.642. The molecule has 0 atom stereocenters. The van der Waals surface area contributed by atoms with E-state index >= 15 is 0 Å². The Bertz CT molecular complexity index is 1140. The van der Waals surface area contributed by atoms with Crippen LogP contribution in [-0.2, 0) is 29.5 Å². The lowest BCUT2D eigenvalue weighted by molar-refractivity contribution is 0.387. The Morgan fingerprint density at radius 3 is 2.54 bits per heavy atom. The lowest BCUT2D eigenvalue weighted by Gasteiger charge is -2.19. The number of hydrogen-bond acceptors (Lipinski definition) is 6. The zero-order valence-electron chi connectivity index (χ0n) is 15.7. The zero-order chi connectivity index (χ0) is 19.9. The van der Waals surface area contributed by atoms with Crippen LogP contribution in [0.5, 0.6) is 0 Å². The van der Waals surface area contributed by atoms with E-state index in [9.17, 15) is 13.2 Å². The monoisotopic (exact) mass is 403 g/mol. The van der Waals surface area contributed by atoms with Crippen LogP contribution in [0, 0.1) is 13.8 Å². The third kappa shape index (κ3) is 3.18. The molecule has 4 rings (SSSR count). The van der Waals surface area contributed by atoms with Gasteiger partial charge in [-0.1, -0.05) is 35.5 Å². The molecule has 10 heteroatoms. The minimum atomic E-state index is -3.74. The van der Waals surface area contributed by atoms with Gasteiger partial charge in [-0.3, -0.25) is 4.57 Å². The number of benzene rings is 1. The van der Waals surface area contributed by atoms with Gasteiger partial charge in [-0.15, -0.1) is 0 Å². The molecule has 1 aromatic carbocycles. The van der Waals surface area contributed by atoms with Crippen molar-refractivity contribution in [3.8, 4) is 0 Å². The maximum atomic E-state index is 13.0. The van der Waals surface area contributed by atoms with Crippen molar-refractivity contribution in [2.75, 3.05) is 13.1 Å². The summed E-state index contributed by atoms with van der Waals surface area (Å²) < 4.78 is 35.4. The Kier molecular flexibility index (Phi) is 4.68. The Morgan fingerprint density at radius 2 is 1.86 bits per heavy atom. The second-order valence-corrected chi connectivity index (χ2v) is 8.68. The first-order valence-corrected chi connectivity index (χ1v) is 10.5. The van der Waals surface area contributed by atoms with Crippen LogP contribution in [0.4, 0.5) is 0 Å². The van der Waals surface area contributed by atoms with Crippen LogP contribution in [0.25, 0.3) is 0 Å². The maximum Gasteiger partial charge on any atom is 0.346 e. The lowest BCUT2D eigenvalue weighted by atomic mass is 10.2. The van der Waals surface area contributed by atoms with Gasteiger partial charge in [0.15, 0.2) is 5.76 Å². The Hall–Kier alpha value is -2.72. The molecule has 9 nitrogen and oxygen atoms in total. The molecule has 0 aliphatic carbocycles. The summed E-state index contributed by atoms with van der Waals surface area (Å²) in [4.78, 5) is 12.8. The van der Waals surface area contributed by atoms with Crippen molar-refractivity contribution in [3.63, 3.8) is 0 Å². The van der Waals surface area contributed by atoms with E-state index < -0.39 is 10.0 Å². The standard InChI is InChI=1S/C18H21N5O4S/c1-13-17(14(2)27-20-13)28(25,26)21-9-8-16-19-23(18(24)22(16)11-10-21)12-15-6-4-3-5-7-15/h3-7H,8-12H2,1-2H3. The molecule has 0 unspecified atom stereocenters. The van der Waals surface area contributed by atoms with Crippen molar-refractivity contribution >= 4 is 10.0 Å². The molecular formula is C18H21N5O4S. The first kappa shape index (κ1) is 18.6. The van der Waals surface area contributed by atoms with Crippen LogP contribution >= 0.6 is 0 Å². The van der Waals surface area contributed by atoms with Gasteiger partial charge in [0.2, 0.25) is 10.0 Å². The van der Waals surface area contributed by atoms with Crippen molar-refractivity contribution in [1.82, 2.24) is 23.8 Å². The molecule has 148 valence electrons. The molecule has 3 heterocycles. The highest BCUT2D eigenvalue weighted by Gasteiger charge is 2.33. The second-order valence-electron chi connectivity index (χ2n) is 6.80. The van der Waals surface area contributed by atoms with Gasteiger partial charge in [-0.25, -0.2) is 17.9 Å². The van der Waals surface area contributed by atoms with Crippen molar-refractivity contribution in [2.45, 2.75) is 38.3 Å². The summed E-state index contributed by atoms with van der Waals surface area (Å²) in [5.41, 5.74) is 1.10. The fourth-order valence-corrected chi connectivity index (χ4v) is 5.24. The van der Waals surface area contributed by atoms with Crippen molar-refractivity contribution in [2.24, 2.45) is 0 Å². The molecule has 1 aliphatic heterocycles. The number of fused-ring (bicyclic) bond motifs is 1. The van der Waals surface area contributed by atoms with E-state index in [2.05, 4.69) is 10.3 Å². The third-order valence-corrected chi connectivity index (χ3v) is 7.04. The zero-order valence-corrected chi connectivity index (χ0v) is 16.5. The second kappa shape index (κ2) is 7.02. The Morgan fingerprint density at radius 1 is 1.11 bits per heavy atom. The number of rotatable bonds is 4. The third-order valence-electron chi connectivity index (χ3n) is 4.90. The van der Waals surface area contributed by atoms with Crippen LogP contribution in [0.3, 0.4) is 0 Å². The molecule has 0 amide bonds. The van der Waals surface area contributed by atoms with Gasteiger partial charge in [0.1, 0.15) is 16.4 Å². The highest BCUT2D eigenvalue weighted by molar-refractivity contribution is 7.89. The highest BCUT2D eigenvalue weighted by atomic mass is 32.2. The molecule has 0 N–H and O–H groups in total. The van der Waals surface area contributed by atoms with Gasteiger partial charge >= 0.3 is 5.69 Å². The van der Waals surface area contributed by atoms with Crippen LogP contribution < -0.4 is 5.69 Å². The summed E-state index contributed by atoms with van der Waals surface area (Å²) in [6, 6.07) is 9.63. The number of aromatic nitrogens is 4. The summed E-state index contributed by atoms with van der Waals surface area (Å²) >= 11 is 0. The van der Waals surface area contributed by atoms with Crippen LogP contribution in [0.1, 0.15) is 22.8 Å². The van der Waals surface area contributed by atoms with E-state index in [0.29, 0.717) is 24.5 Å². The molecule has 0 bridgehead atoms. The maximum absolute atomic E-state index is 13.0. The Labute approximate surface area is 162 Å². The predicted molar refractivity (Wildman–Crippen MR) is 100 cm³/mol. The minimum absolute atomic E-state index is 0.105. The predicted octanol–water partition coefficient (Wildman–Crippen LogP) is 0.945. The average Bonchev–Trinajstić information content (AvgIpc) is 3.06. The van der Waals surface area contributed by atoms with E-state index in [0.717, 1.165) is 5.56 Å². The fraction of sp³-hybridized carbons (Fsp3) is 0.389. The molecular weight excluding hydrogens is 382 g/mol. The molecule has 0 fully saturated rings. The Balaban J connectivity index is 1.58. The number of aryl methyl sites for hydroxylation is 2. The number of hydrogen-bond donors (Lipinski definition) is 0. The van der Waals surface area contributed by atoms with E-state index in [1.165, 1.54) is 8.99 Å². The summed E-state index contributed by atoms with van der Waals surface area (Å²) in [6.07, 6.45) is 0.361. The highest BCUT2D eigenvalue weighted by Crippen LogP contribution is 2.24. The van der Waals surface area contributed by atoms with Gasteiger partial charge < -0.3 is 4.52 Å². The van der Waals surface area contributed by atoms with Crippen molar-refractivity contribution < 1.29 is 12.9 Å². The van der Waals surface area contributed by atoms with Gasteiger partial charge in [0, 0.05) is 26.1 Å². The molecule has 0 spiro atoms. The lowest BCUT2D eigenvalue weighted by Crippen LogP contribution is -2.35. The van der Waals surface area contributed by atoms with Gasteiger partial charge in [0.25, 0.3) is 0 Å². The van der Waals surface area contributed by atoms with Crippen molar-refractivity contribution in [3.05, 3.63) is 63.7 Å². The van der Waals surface area contributed by atoms with Crippen LogP contribution in [0.2, 0.25) is 0 Å². The van der Waals surface area contributed by atoms with Crippen LogP contribution in [-0.4, -0.2) is 45.3 Å². The van der Waals surface area contributed by atoms with Gasteiger partial charge in [0.05, 0.1) is 6.54 Å².